The van der Waals surface area contributed by atoms with Crippen LogP contribution >= 0.6 is 23.2 Å². The lowest BCUT2D eigenvalue weighted by atomic mass is 10.1. The summed E-state index contributed by atoms with van der Waals surface area (Å²) in [6.07, 6.45) is 2.41. The minimum absolute atomic E-state index is 0.203. The standard InChI is InChI=1S/C10H12Cl2N4O2/c1-6(15-9(13-2)5-16(17)18)7-3-8(11)10(12)14-4-7/h3-6,13,15H,1-2H3/b9-5+. The topological polar surface area (TPSA) is 80.1 Å². The summed E-state index contributed by atoms with van der Waals surface area (Å²) in [5.74, 6) is 0.290. The van der Waals surface area contributed by atoms with Crippen molar-refractivity contribution in [3.8, 4) is 0 Å². The number of hydrogen-bond acceptors (Lipinski definition) is 5. The molecule has 0 spiro atoms. The number of pyridine rings is 1. The van der Waals surface area contributed by atoms with Crippen LogP contribution < -0.4 is 10.6 Å². The number of nitro groups is 1. The van der Waals surface area contributed by atoms with Crippen LogP contribution in [0.1, 0.15) is 18.5 Å². The molecule has 0 saturated carbocycles. The molecule has 0 radical (unpaired) electrons. The molecule has 0 aliphatic carbocycles. The van der Waals surface area contributed by atoms with Crippen LogP contribution in [-0.2, 0) is 0 Å². The second-order valence-electron chi connectivity index (χ2n) is 3.49. The molecule has 0 fully saturated rings. The number of hydrogen-bond donors (Lipinski definition) is 2. The number of nitrogens with zero attached hydrogens (tertiary/aromatic N) is 2. The summed E-state index contributed by atoms with van der Waals surface area (Å²) in [7, 11) is 1.59. The summed E-state index contributed by atoms with van der Waals surface area (Å²) in [6.45, 7) is 1.83. The zero-order chi connectivity index (χ0) is 13.7. The molecule has 0 aliphatic heterocycles. The SMILES string of the molecule is CN/C(=C\[N+](=O)[O-])NC(C)c1cnc(Cl)c(Cl)c1. The zero-order valence-electron chi connectivity index (χ0n) is 9.78. The van der Waals surface area contributed by atoms with Gasteiger partial charge in [-0.15, -0.1) is 0 Å². The third-order valence-electron chi connectivity index (χ3n) is 2.19. The van der Waals surface area contributed by atoms with E-state index in [1.54, 1.807) is 19.3 Å². The maximum absolute atomic E-state index is 10.4. The van der Waals surface area contributed by atoms with E-state index in [0.717, 1.165) is 11.8 Å². The Balaban J connectivity index is 2.84. The van der Waals surface area contributed by atoms with E-state index >= 15 is 0 Å². The zero-order valence-corrected chi connectivity index (χ0v) is 11.3. The molecule has 98 valence electrons. The van der Waals surface area contributed by atoms with Gasteiger partial charge < -0.3 is 10.6 Å². The Labute approximate surface area is 114 Å². The maximum atomic E-state index is 10.4. The molecule has 1 atom stereocenters. The molecule has 0 aliphatic rings. The molecule has 1 rings (SSSR count). The van der Waals surface area contributed by atoms with Crippen molar-refractivity contribution in [2.75, 3.05) is 7.05 Å². The highest BCUT2D eigenvalue weighted by Crippen LogP contribution is 2.23. The lowest BCUT2D eigenvalue weighted by Crippen LogP contribution is -2.27. The minimum atomic E-state index is -0.543. The van der Waals surface area contributed by atoms with Crippen molar-refractivity contribution >= 4 is 23.2 Å². The first-order chi connectivity index (χ1) is 8.43. The van der Waals surface area contributed by atoms with Gasteiger partial charge in [0.2, 0.25) is 0 Å². The van der Waals surface area contributed by atoms with Crippen molar-refractivity contribution in [2.24, 2.45) is 0 Å². The first kappa shape index (κ1) is 14.5. The van der Waals surface area contributed by atoms with Crippen molar-refractivity contribution in [3.05, 3.63) is 50.1 Å². The van der Waals surface area contributed by atoms with Gasteiger partial charge in [0, 0.05) is 13.2 Å². The predicted octanol–water partition coefficient (Wildman–Crippen LogP) is 2.33. The molecule has 0 amide bonds. The quantitative estimate of drug-likeness (QED) is 0.494. The van der Waals surface area contributed by atoms with Crippen LogP contribution in [-0.4, -0.2) is 17.0 Å². The van der Waals surface area contributed by atoms with Crippen molar-refractivity contribution < 1.29 is 4.92 Å². The van der Waals surface area contributed by atoms with Crippen molar-refractivity contribution in [2.45, 2.75) is 13.0 Å². The average Bonchev–Trinajstić information content (AvgIpc) is 2.31. The second-order valence-corrected chi connectivity index (χ2v) is 4.25. The third kappa shape index (κ3) is 4.05. The lowest BCUT2D eigenvalue weighted by molar-refractivity contribution is -0.404. The average molecular weight is 291 g/mol. The molecule has 18 heavy (non-hydrogen) atoms. The molecule has 1 heterocycles. The fourth-order valence-corrected chi connectivity index (χ4v) is 1.55. The Morgan fingerprint density at radius 1 is 1.61 bits per heavy atom. The Morgan fingerprint density at radius 3 is 2.78 bits per heavy atom. The molecule has 0 aromatic carbocycles. The molecular formula is C10H12Cl2N4O2. The van der Waals surface area contributed by atoms with Crippen LogP contribution in [0.2, 0.25) is 10.2 Å². The molecule has 1 unspecified atom stereocenters. The summed E-state index contributed by atoms with van der Waals surface area (Å²) in [6, 6.07) is 1.46. The van der Waals surface area contributed by atoms with Crippen molar-refractivity contribution in [1.29, 1.82) is 0 Å². The van der Waals surface area contributed by atoms with Crippen LogP contribution in [0.15, 0.2) is 24.3 Å². The van der Waals surface area contributed by atoms with Gasteiger partial charge in [0.1, 0.15) is 5.15 Å². The Morgan fingerprint density at radius 2 is 2.28 bits per heavy atom. The summed E-state index contributed by atoms with van der Waals surface area (Å²) < 4.78 is 0. The second kappa shape index (κ2) is 6.42. The van der Waals surface area contributed by atoms with Gasteiger partial charge in [-0.25, -0.2) is 4.98 Å². The largest absolute Gasteiger partial charge is 0.370 e. The van der Waals surface area contributed by atoms with E-state index in [-0.39, 0.29) is 11.2 Å². The number of nitrogens with one attached hydrogen (secondary N) is 2. The number of rotatable bonds is 5. The van der Waals surface area contributed by atoms with Gasteiger partial charge in [-0.05, 0) is 18.6 Å². The molecule has 2 N–H and O–H groups in total. The Kier molecular flexibility index (Phi) is 5.18. The normalized spacial score (nSPS) is 13.0. The number of halogens is 2. The van der Waals surface area contributed by atoms with Gasteiger partial charge >= 0.3 is 0 Å². The van der Waals surface area contributed by atoms with Crippen LogP contribution in [0, 0.1) is 10.1 Å². The molecule has 8 heteroatoms. The molecule has 1 aromatic heterocycles. The van der Waals surface area contributed by atoms with E-state index in [0.29, 0.717) is 10.8 Å². The Bertz CT molecular complexity index is 479. The highest BCUT2D eigenvalue weighted by Gasteiger charge is 2.11. The summed E-state index contributed by atoms with van der Waals surface area (Å²) in [5.41, 5.74) is 0.772. The smallest absolute Gasteiger partial charge is 0.274 e. The molecular weight excluding hydrogens is 279 g/mol. The molecule has 6 nitrogen and oxygen atoms in total. The van der Waals surface area contributed by atoms with E-state index in [2.05, 4.69) is 15.6 Å². The first-order valence-electron chi connectivity index (χ1n) is 5.04. The number of aromatic nitrogens is 1. The summed E-state index contributed by atoms with van der Waals surface area (Å²) >= 11 is 11.6. The highest BCUT2D eigenvalue weighted by molar-refractivity contribution is 6.41. The van der Waals surface area contributed by atoms with Gasteiger partial charge in [0.25, 0.3) is 6.20 Å². The van der Waals surface area contributed by atoms with Crippen LogP contribution in [0.3, 0.4) is 0 Å². The van der Waals surface area contributed by atoms with Crippen molar-refractivity contribution in [3.63, 3.8) is 0 Å². The molecule has 0 saturated heterocycles. The van der Waals surface area contributed by atoms with Gasteiger partial charge in [-0.2, -0.15) is 0 Å². The third-order valence-corrected chi connectivity index (χ3v) is 2.88. The Hall–Kier alpha value is -1.53. The van der Waals surface area contributed by atoms with Crippen LogP contribution in [0.5, 0.6) is 0 Å². The minimum Gasteiger partial charge on any atom is -0.370 e. The maximum Gasteiger partial charge on any atom is 0.274 e. The monoisotopic (exact) mass is 290 g/mol. The first-order valence-corrected chi connectivity index (χ1v) is 5.80. The summed E-state index contributed by atoms with van der Waals surface area (Å²) in [5, 5.41) is 16.6. The molecule has 1 aromatic rings. The van der Waals surface area contributed by atoms with Crippen molar-refractivity contribution in [1.82, 2.24) is 15.6 Å². The van der Waals surface area contributed by atoms with Gasteiger partial charge in [0.15, 0.2) is 5.82 Å². The van der Waals surface area contributed by atoms with E-state index in [1.807, 2.05) is 6.92 Å². The fraction of sp³-hybridized carbons (Fsp3) is 0.300. The van der Waals surface area contributed by atoms with E-state index < -0.39 is 4.92 Å². The van der Waals surface area contributed by atoms with E-state index in [9.17, 15) is 10.1 Å². The lowest BCUT2D eigenvalue weighted by Gasteiger charge is -2.16. The van der Waals surface area contributed by atoms with E-state index in [1.165, 1.54) is 0 Å². The fourth-order valence-electron chi connectivity index (χ4n) is 1.27. The highest BCUT2D eigenvalue weighted by atomic mass is 35.5. The molecule has 0 bridgehead atoms. The van der Waals surface area contributed by atoms with Gasteiger partial charge in [-0.1, -0.05) is 23.2 Å². The predicted molar refractivity (Wildman–Crippen MR) is 69.9 cm³/mol. The summed E-state index contributed by atoms with van der Waals surface area (Å²) in [4.78, 5) is 13.8. The van der Waals surface area contributed by atoms with E-state index in [4.69, 9.17) is 23.2 Å². The van der Waals surface area contributed by atoms with Gasteiger partial charge in [-0.3, -0.25) is 10.1 Å². The van der Waals surface area contributed by atoms with Crippen LogP contribution in [0.4, 0.5) is 0 Å². The van der Waals surface area contributed by atoms with Gasteiger partial charge in [0.05, 0.1) is 16.0 Å². The van der Waals surface area contributed by atoms with Crippen LogP contribution in [0.25, 0.3) is 0 Å².